The van der Waals surface area contributed by atoms with Crippen LogP contribution in [-0.4, -0.2) is 21.9 Å². The molecule has 0 aliphatic carbocycles. The number of aliphatic hydroxyl groups excluding tert-OH is 1. The largest absolute Gasteiger partial charge is 0.491 e. The second-order valence-corrected chi connectivity index (χ2v) is 6.37. The third-order valence-corrected chi connectivity index (χ3v) is 4.54. The first kappa shape index (κ1) is 15.7. The molecule has 3 aromatic rings. The summed E-state index contributed by atoms with van der Waals surface area (Å²) >= 11 is 0. The molecule has 1 aliphatic rings. The number of aliphatic hydroxyl groups is 1. The first-order valence-corrected chi connectivity index (χ1v) is 8.49. The quantitative estimate of drug-likeness (QED) is 0.678. The molecule has 4 rings (SSSR count). The minimum atomic E-state index is -0.456. The fourth-order valence-corrected chi connectivity index (χ4v) is 3.23. The molecule has 2 heterocycles. The predicted octanol–water partition coefficient (Wildman–Crippen LogP) is 3.81. The smallest absolute Gasteiger partial charge is 0.148 e. The Morgan fingerprint density at radius 3 is 3.04 bits per heavy atom. The highest BCUT2D eigenvalue weighted by atomic mass is 16.5. The van der Waals surface area contributed by atoms with Crippen molar-refractivity contribution in [2.24, 2.45) is 0 Å². The van der Waals surface area contributed by atoms with Gasteiger partial charge < -0.3 is 15.2 Å². The number of nitrogens with one attached hydrogen (secondary N) is 2. The molecule has 0 fully saturated rings. The van der Waals surface area contributed by atoms with E-state index >= 15 is 0 Å². The summed E-state index contributed by atoms with van der Waals surface area (Å²) in [6.45, 7) is 3.24. The van der Waals surface area contributed by atoms with Crippen molar-refractivity contribution in [3.63, 3.8) is 0 Å². The Balaban J connectivity index is 1.58. The Kier molecular flexibility index (Phi) is 4.15. The summed E-state index contributed by atoms with van der Waals surface area (Å²) in [6.07, 6.45) is 2.02. The van der Waals surface area contributed by atoms with E-state index in [0.717, 1.165) is 33.8 Å². The van der Waals surface area contributed by atoms with Crippen LogP contribution in [0, 0.1) is 6.92 Å². The van der Waals surface area contributed by atoms with Crippen LogP contribution in [0.2, 0.25) is 0 Å². The zero-order valence-electron chi connectivity index (χ0n) is 14.1. The molecule has 1 aromatic heterocycles. The average Bonchev–Trinajstić information content (AvgIpc) is 3.09. The lowest BCUT2D eigenvalue weighted by atomic mass is 10.0. The third-order valence-electron chi connectivity index (χ3n) is 4.54. The predicted molar refractivity (Wildman–Crippen MR) is 97.6 cm³/mol. The highest BCUT2D eigenvalue weighted by molar-refractivity contribution is 5.65. The van der Waals surface area contributed by atoms with Gasteiger partial charge in [-0.1, -0.05) is 35.9 Å². The van der Waals surface area contributed by atoms with Crippen molar-refractivity contribution in [2.45, 2.75) is 26.0 Å². The number of nitrogens with zero attached hydrogens (tertiary/aromatic N) is 1. The average molecular weight is 335 g/mol. The van der Waals surface area contributed by atoms with Gasteiger partial charge in [-0.25, -0.2) is 0 Å². The van der Waals surface area contributed by atoms with Gasteiger partial charge in [-0.15, -0.1) is 0 Å². The molecular weight excluding hydrogens is 314 g/mol. The number of anilines is 1. The first-order chi connectivity index (χ1) is 12.2. The van der Waals surface area contributed by atoms with Gasteiger partial charge >= 0.3 is 0 Å². The Morgan fingerprint density at radius 1 is 1.28 bits per heavy atom. The summed E-state index contributed by atoms with van der Waals surface area (Å²) in [5.74, 6) is 0.752. The van der Waals surface area contributed by atoms with E-state index in [9.17, 15) is 5.11 Å². The number of hydrogen-bond donors (Lipinski definition) is 3. The molecule has 128 valence electrons. The van der Waals surface area contributed by atoms with Crippen LogP contribution in [0.15, 0.2) is 48.7 Å². The maximum absolute atomic E-state index is 10.1. The molecule has 5 nitrogen and oxygen atoms in total. The highest BCUT2D eigenvalue weighted by Gasteiger charge is 2.21. The third kappa shape index (κ3) is 3.10. The molecular formula is C20H21N3O2. The minimum Gasteiger partial charge on any atom is -0.491 e. The van der Waals surface area contributed by atoms with Crippen molar-refractivity contribution < 1.29 is 9.84 Å². The summed E-state index contributed by atoms with van der Waals surface area (Å²) in [5.41, 5.74) is 6.18. The molecule has 3 N–H and O–H groups in total. The summed E-state index contributed by atoms with van der Waals surface area (Å²) in [6, 6.07) is 14.2. The van der Waals surface area contributed by atoms with E-state index in [-0.39, 0.29) is 0 Å². The number of para-hydroxylation sites is 1. The van der Waals surface area contributed by atoms with Crippen molar-refractivity contribution >= 4 is 5.69 Å². The van der Waals surface area contributed by atoms with E-state index in [2.05, 4.69) is 40.6 Å². The summed E-state index contributed by atoms with van der Waals surface area (Å²) in [4.78, 5) is 0. The normalized spacial score (nSPS) is 16.2. The van der Waals surface area contributed by atoms with Crippen molar-refractivity contribution in [1.29, 1.82) is 0 Å². The van der Waals surface area contributed by atoms with Crippen molar-refractivity contribution in [2.75, 3.05) is 11.9 Å². The monoisotopic (exact) mass is 335 g/mol. The number of H-pyrrole nitrogens is 1. The van der Waals surface area contributed by atoms with Crippen LogP contribution in [0.3, 0.4) is 0 Å². The summed E-state index contributed by atoms with van der Waals surface area (Å²) < 4.78 is 5.78. The van der Waals surface area contributed by atoms with Gasteiger partial charge in [0.2, 0.25) is 0 Å². The van der Waals surface area contributed by atoms with Gasteiger partial charge in [0.15, 0.2) is 0 Å². The SMILES string of the molecule is Cc1cccc(-c2[nH]ncc2CNc2cccc3c2OCCC3O)c1. The van der Waals surface area contributed by atoms with E-state index in [4.69, 9.17) is 4.74 Å². The van der Waals surface area contributed by atoms with Crippen LogP contribution in [0.4, 0.5) is 5.69 Å². The molecule has 1 atom stereocenters. The van der Waals surface area contributed by atoms with E-state index in [1.807, 2.05) is 30.5 Å². The zero-order chi connectivity index (χ0) is 17.2. The molecule has 2 aromatic carbocycles. The van der Waals surface area contributed by atoms with Gasteiger partial charge in [0, 0.05) is 29.7 Å². The van der Waals surface area contributed by atoms with Gasteiger partial charge in [0.25, 0.3) is 0 Å². The standard InChI is InChI=1S/C20H21N3O2/c1-13-4-2-5-14(10-13)19-15(12-22-23-19)11-21-17-7-3-6-16-18(24)8-9-25-20(16)17/h2-7,10,12,18,21,24H,8-9,11H2,1H3,(H,22,23). The van der Waals surface area contributed by atoms with Crippen LogP contribution in [0.1, 0.15) is 29.2 Å². The van der Waals surface area contributed by atoms with Crippen LogP contribution >= 0.6 is 0 Å². The maximum Gasteiger partial charge on any atom is 0.148 e. The number of aryl methyl sites for hydroxylation is 1. The Bertz CT molecular complexity index is 888. The molecule has 0 spiro atoms. The van der Waals surface area contributed by atoms with Gasteiger partial charge in [-0.2, -0.15) is 5.10 Å². The van der Waals surface area contributed by atoms with Crippen molar-refractivity contribution in [1.82, 2.24) is 10.2 Å². The Labute approximate surface area is 146 Å². The lowest BCUT2D eigenvalue weighted by molar-refractivity contribution is 0.116. The van der Waals surface area contributed by atoms with Crippen LogP contribution in [-0.2, 0) is 6.54 Å². The molecule has 0 saturated carbocycles. The van der Waals surface area contributed by atoms with Crippen LogP contribution in [0.5, 0.6) is 5.75 Å². The fourth-order valence-electron chi connectivity index (χ4n) is 3.23. The lowest BCUT2D eigenvalue weighted by Crippen LogP contribution is -2.15. The molecule has 0 amide bonds. The van der Waals surface area contributed by atoms with Crippen molar-refractivity contribution in [3.05, 3.63) is 65.4 Å². The zero-order valence-corrected chi connectivity index (χ0v) is 14.1. The van der Waals surface area contributed by atoms with Crippen LogP contribution in [0.25, 0.3) is 11.3 Å². The highest BCUT2D eigenvalue weighted by Crippen LogP contribution is 2.38. The number of ether oxygens (including phenoxy) is 1. The minimum absolute atomic E-state index is 0.456. The van der Waals surface area contributed by atoms with Crippen molar-refractivity contribution in [3.8, 4) is 17.0 Å². The van der Waals surface area contributed by atoms with Gasteiger partial charge in [-0.3, -0.25) is 5.10 Å². The van der Waals surface area contributed by atoms with E-state index in [0.29, 0.717) is 19.6 Å². The number of benzene rings is 2. The van der Waals surface area contributed by atoms with E-state index in [1.165, 1.54) is 5.56 Å². The molecule has 1 unspecified atom stereocenters. The lowest BCUT2D eigenvalue weighted by Gasteiger charge is -2.24. The second kappa shape index (κ2) is 6.61. The molecule has 0 saturated heterocycles. The van der Waals surface area contributed by atoms with Gasteiger partial charge in [-0.05, 0) is 19.1 Å². The number of fused-ring (bicyclic) bond motifs is 1. The molecule has 0 bridgehead atoms. The summed E-state index contributed by atoms with van der Waals surface area (Å²) in [7, 11) is 0. The van der Waals surface area contributed by atoms with Crippen LogP contribution < -0.4 is 10.1 Å². The number of hydrogen-bond acceptors (Lipinski definition) is 4. The molecule has 1 aliphatic heterocycles. The Hall–Kier alpha value is -2.79. The topological polar surface area (TPSA) is 70.2 Å². The number of aromatic nitrogens is 2. The molecule has 25 heavy (non-hydrogen) atoms. The van der Waals surface area contributed by atoms with Gasteiger partial charge in [0.05, 0.1) is 30.3 Å². The number of aromatic amines is 1. The van der Waals surface area contributed by atoms with E-state index in [1.54, 1.807) is 0 Å². The Morgan fingerprint density at radius 2 is 2.16 bits per heavy atom. The van der Waals surface area contributed by atoms with E-state index < -0.39 is 6.10 Å². The number of rotatable bonds is 4. The maximum atomic E-state index is 10.1. The van der Waals surface area contributed by atoms with Gasteiger partial charge in [0.1, 0.15) is 5.75 Å². The molecule has 5 heteroatoms. The second-order valence-electron chi connectivity index (χ2n) is 6.37. The first-order valence-electron chi connectivity index (χ1n) is 8.49. The molecule has 0 radical (unpaired) electrons. The summed E-state index contributed by atoms with van der Waals surface area (Å²) in [5, 5.41) is 20.9. The fraction of sp³-hybridized carbons (Fsp3) is 0.250.